The van der Waals surface area contributed by atoms with Gasteiger partial charge in [0, 0.05) is 12.4 Å². The highest BCUT2D eigenvalue weighted by Gasteiger charge is 2.17. The third-order valence-electron chi connectivity index (χ3n) is 3.41. The van der Waals surface area contributed by atoms with Crippen molar-refractivity contribution in [2.24, 2.45) is 0 Å². The number of halogens is 2. The topological polar surface area (TPSA) is 78.3 Å². The molecule has 0 aliphatic carbocycles. The highest BCUT2D eigenvalue weighted by molar-refractivity contribution is 5.50. The van der Waals surface area contributed by atoms with Crippen molar-refractivity contribution in [3.63, 3.8) is 0 Å². The van der Waals surface area contributed by atoms with Crippen LogP contribution in [0, 0.1) is 0 Å². The van der Waals surface area contributed by atoms with Crippen molar-refractivity contribution in [2.75, 3.05) is 0 Å². The van der Waals surface area contributed by atoms with Crippen LogP contribution in [0.25, 0.3) is 17.1 Å². The summed E-state index contributed by atoms with van der Waals surface area (Å²) in [5.74, 6) is -0.236. The molecule has 0 fully saturated rings. The molecule has 0 amide bonds. The van der Waals surface area contributed by atoms with Gasteiger partial charge in [0.05, 0.1) is 17.5 Å². The van der Waals surface area contributed by atoms with Crippen LogP contribution in [0.15, 0.2) is 53.3 Å². The fraction of sp³-hybridized carbons (Fsp3) is 0.125. The highest BCUT2D eigenvalue weighted by Crippen LogP contribution is 2.23. The molecule has 0 aromatic carbocycles. The van der Waals surface area contributed by atoms with Gasteiger partial charge in [0.2, 0.25) is 11.8 Å². The average molecular weight is 343 g/mol. The van der Waals surface area contributed by atoms with Crippen LogP contribution in [0.3, 0.4) is 0 Å². The van der Waals surface area contributed by atoms with Crippen LogP contribution in [-0.4, -0.2) is 24.6 Å². The molecule has 4 aromatic heterocycles. The minimum atomic E-state index is -2.80. The van der Waals surface area contributed by atoms with Crippen molar-refractivity contribution in [2.45, 2.75) is 13.0 Å². The lowest BCUT2D eigenvalue weighted by molar-refractivity contribution is 0.116. The SMILES string of the molecule is FC(F)c1nnc(-c2ccc(COc3cn4ccccc4n3)nc2)o1. The predicted octanol–water partition coefficient (Wildman–Crippen LogP) is 3.30. The molecule has 0 atom stereocenters. The molecule has 0 N–H and O–H groups in total. The third-order valence-corrected chi connectivity index (χ3v) is 3.41. The van der Waals surface area contributed by atoms with Gasteiger partial charge in [0.1, 0.15) is 12.3 Å². The van der Waals surface area contributed by atoms with Crippen LogP contribution in [0.5, 0.6) is 5.88 Å². The quantitative estimate of drug-likeness (QED) is 0.553. The van der Waals surface area contributed by atoms with Gasteiger partial charge >= 0.3 is 6.43 Å². The summed E-state index contributed by atoms with van der Waals surface area (Å²) in [6.45, 7) is 0.219. The third kappa shape index (κ3) is 3.16. The van der Waals surface area contributed by atoms with Gasteiger partial charge in [0.15, 0.2) is 0 Å². The van der Waals surface area contributed by atoms with E-state index in [2.05, 4.69) is 20.2 Å². The summed E-state index contributed by atoms with van der Waals surface area (Å²) in [5.41, 5.74) is 1.89. The molecule has 0 aliphatic heterocycles. The van der Waals surface area contributed by atoms with E-state index in [1.54, 1.807) is 18.3 Å². The highest BCUT2D eigenvalue weighted by atomic mass is 19.3. The van der Waals surface area contributed by atoms with Crippen LogP contribution >= 0.6 is 0 Å². The van der Waals surface area contributed by atoms with Crippen molar-refractivity contribution in [1.29, 1.82) is 0 Å². The molecule has 4 heterocycles. The number of imidazole rings is 1. The number of fused-ring (bicyclic) bond motifs is 1. The van der Waals surface area contributed by atoms with Crippen LogP contribution < -0.4 is 4.74 Å². The van der Waals surface area contributed by atoms with E-state index in [-0.39, 0.29) is 12.5 Å². The Morgan fingerprint density at radius 3 is 2.80 bits per heavy atom. The summed E-state index contributed by atoms with van der Waals surface area (Å²) in [7, 11) is 0. The first kappa shape index (κ1) is 15.2. The number of aromatic nitrogens is 5. The molecule has 4 rings (SSSR count). The van der Waals surface area contributed by atoms with Crippen LogP contribution in [0.1, 0.15) is 18.0 Å². The first-order chi connectivity index (χ1) is 12.2. The lowest BCUT2D eigenvalue weighted by Crippen LogP contribution is -1.98. The van der Waals surface area contributed by atoms with E-state index >= 15 is 0 Å². The van der Waals surface area contributed by atoms with Crippen LogP contribution in [0.2, 0.25) is 0 Å². The smallest absolute Gasteiger partial charge is 0.314 e. The second kappa shape index (κ2) is 6.27. The van der Waals surface area contributed by atoms with E-state index in [1.165, 1.54) is 6.20 Å². The maximum Gasteiger partial charge on any atom is 0.314 e. The molecule has 0 saturated carbocycles. The number of pyridine rings is 2. The molecule has 126 valence electrons. The molecule has 9 heteroatoms. The van der Waals surface area contributed by atoms with Crippen molar-refractivity contribution >= 4 is 5.65 Å². The van der Waals surface area contributed by atoms with E-state index in [0.29, 0.717) is 17.1 Å². The first-order valence-corrected chi connectivity index (χ1v) is 7.32. The van der Waals surface area contributed by atoms with Gasteiger partial charge in [-0.15, -0.1) is 10.2 Å². The Kier molecular flexibility index (Phi) is 3.81. The Morgan fingerprint density at radius 1 is 1.16 bits per heavy atom. The minimum absolute atomic E-state index is 0.00406. The fourth-order valence-electron chi connectivity index (χ4n) is 2.20. The zero-order valence-corrected chi connectivity index (χ0v) is 12.7. The van der Waals surface area contributed by atoms with Crippen LogP contribution in [-0.2, 0) is 6.61 Å². The Bertz CT molecular complexity index is 964. The van der Waals surface area contributed by atoms with Gasteiger partial charge < -0.3 is 13.6 Å². The number of nitrogens with zero attached hydrogens (tertiary/aromatic N) is 5. The lowest BCUT2D eigenvalue weighted by atomic mass is 10.2. The monoisotopic (exact) mass is 343 g/mol. The summed E-state index contributed by atoms with van der Waals surface area (Å²) in [5, 5.41) is 6.86. The second-order valence-corrected chi connectivity index (χ2v) is 5.12. The van der Waals surface area contributed by atoms with E-state index in [0.717, 1.165) is 5.65 Å². The van der Waals surface area contributed by atoms with E-state index in [1.807, 2.05) is 28.8 Å². The number of ether oxygens (including phenoxy) is 1. The number of hydrogen-bond donors (Lipinski definition) is 0. The zero-order valence-electron chi connectivity index (χ0n) is 12.7. The summed E-state index contributed by atoms with van der Waals surface area (Å²) in [4.78, 5) is 8.52. The van der Waals surface area contributed by atoms with Gasteiger partial charge in [-0.1, -0.05) is 6.07 Å². The van der Waals surface area contributed by atoms with E-state index in [9.17, 15) is 8.78 Å². The lowest BCUT2D eigenvalue weighted by Gasteiger charge is -2.02. The molecule has 0 unspecified atom stereocenters. The Morgan fingerprint density at radius 2 is 2.08 bits per heavy atom. The maximum atomic E-state index is 12.5. The van der Waals surface area contributed by atoms with Crippen molar-refractivity contribution in [3.05, 3.63) is 60.5 Å². The normalized spacial score (nSPS) is 11.3. The first-order valence-electron chi connectivity index (χ1n) is 7.32. The molecule has 0 bridgehead atoms. The van der Waals surface area contributed by atoms with E-state index in [4.69, 9.17) is 9.15 Å². The number of hydrogen-bond acceptors (Lipinski definition) is 6. The second-order valence-electron chi connectivity index (χ2n) is 5.12. The standard InChI is InChI=1S/C16H11F2N5O2/c17-14(18)16-22-21-15(25-16)10-4-5-11(19-7-10)9-24-13-8-23-6-2-1-3-12(23)20-13/h1-8,14H,9H2. The Labute approximate surface area is 139 Å². The molecule has 0 saturated heterocycles. The van der Waals surface area contributed by atoms with Gasteiger partial charge in [-0.3, -0.25) is 4.98 Å². The van der Waals surface area contributed by atoms with Gasteiger partial charge in [-0.2, -0.15) is 13.8 Å². The zero-order chi connectivity index (χ0) is 17.2. The van der Waals surface area contributed by atoms with E-state index < -0.39 is 12.3 Å². The number of rotatable bonds is 5. The molecular formula is C16H11F2N5O2. The Balaban J connectivity index is 1.44. The number of alkyl halides is 2. The fourth-order valence-corrected chi connectivity index (χ4v) is 2.20. The summed E-state index contributed by atoms with van der Waals surface area (Å²) in [6.07, 6.45) is 2.31. The summed E-state index contributed by atoms with van der Waals surface area (Å²) in [6, 6.07) is 9.01. The van der Waals surface area contributed by atoms with Crippen molar-refractivity contribution in [3.8, 4) is 17.3 Å². The largest absolute Gasteiger partial charge is 0.470 e. The van der Waals surface area contributed by atoms with Gasteiger partial charge in [-0.05, 0) is 24.3 Å². The Hall–Kier alpha value is -3.36. The van der Waals surface area contributed by atoms with Gasteiger partial charge in [-0.25, -0.2) is 0 Å². The predicted molar refractivity (Wildman–Crippen MR) is 82.0 cm³/mol. The molecular weight excluding hydrogens is 332 g/mol. The van der Waals surface area contributed by atoms with Crippen LogP contribution in [0.4, 0.5) is 8.78 Å². The van der Waals surface area contributed by atoms with Crippen molar-refractivity contribution < 1.29 is 17.9 Å². The molecule has 0 radical (unpaired) electrons. The molecule has 7 nitrogen and oxygen atoms in total. The van der Waals surface area contributed by atoms with Crippen molar-refractivity contribution in [1.82, 2.24) is 24.6 Å². The maximum absolute atomic E-state index is 12.5. The average Bonchev–Trinajstić information content (AvgIpc) is 3.27. The van der Waals surface area contributed by atoms with Gasteiger partial charge in [0.25, 0.3) is 5.89 Å². The molecule has 0 spiro atoms. The molecule has 0 aliphatic rings. The summed E-state index contributed by atoms with van der Waals surface area (Å²) >= 11 is 0. The minimum Gasteiger partial charge on any atom is -0.470 e. The molecule has 4 aromatic rings. The summed E-state index contributed by atoms with van der Waals surface area (Å²) < 4.78 is 37.3. The molecule has 25 heavy (non-hydrogen) atoms.